The summed E-state index contributed by atoms with van der Waals surface area (Å²) in [7, 11) is -1.86. The molecule has 0 fully saturated rings. The van der Waals surface area contributed by atoms with Crippen molar-refractivity contribution < 1.29 is 13.2 Å². The van der Waals surface area contributed by atoms with Crippen LogP contribution in [0.2, 0.25) is 0 Å². The van der Waals surface area contributed by atoms with Crippen molar-refractivity contribution in [3.05, 3.63) is 29.8 Å². The smallest absolute Gasteiger partial charge is 0.243 e. The van der Waals surface area contributed by atoms with Gasteiger partial charge in [0.1, 0.15) is 0 Å². The Balaban J connectivity index is 2.78. The maximum atomic E-state index is 12.5. The van der Waals surface area contributed by atoms with Crippen molar-refractivity contribution in [2.75, 3.05) is 39.9 Å². The second-order valence-electron chi connectivity index (χ2n) is 4.74. The lowest BCUT2D eigenvalue weighted by Crippen LogP contribution is -2.33. The van der Waals surface area contributed by atoms with Gasteiger partial charge in [-0.2, -0.15) is 4.31 Å². The normalized spacial score (nSPS) is 12.0. The first-order valence-corrected chi connectivity index (χ1v) is 8.79. The molecular formula is C15H26N2O3S. The molecule has 0 heterocycles. The highest BCUT2D eigenvalue weighted by Gasteiger charge is 2.22. The molecule has 1 aromatic rings. The summed E-state index contributed by atoms with van der Waals surface area (Å²) in [5, 5.41) is 3.25. The molecule has 0 amide bonds. The monoisotopic (exact) mass is 314 g/mol. The second-order valence-corrected chi connectivity index (χ2v) is 6.67. The van der Waals surface area contributed by atoms with E-state index in [2.05, 4.69) is 12.2 Å². The summed E-state index contributed by atoms with van der Waals surface area (Å²) in [5.74, 6) is 0. The number of hydrogen-bond acceptors (Lipinski definition) is 4. The lowest BCUT2D eigenvalue weighted by molar-refractivity contribution is 0.180. The molecule has 1 N–H and O–H groups in total. The Morgan fingerprint density at radius 1 is 1.19 bits per heavy atom. The van der Waals surface area contributed by atoms with Gasteiger partial charge < -0.3 is 10.1 Å². The van der Waals surface area contributed by atoms with E-state index in [4.69, 9.17) is 4.74 Å². The largest absolute Gasteiger partial charge is 0.383 e. The Labute approximate surface area is 128 Å². The van der Waals surface area contributed by atoms with Gasteiger partial charge in [-0.3, -0.25) is 0 Å². The lowest BCUT2D eigenvalue weighted by atomic mass is 10.1. The number of rotatable bonds is 10. The van der Waals surface area contributed by atoms with Crippen molar-refractivity contribution in [1.29, 1.82) is 0 Å². The van der Waals surface area contributed by atoms with Gasteiger partial charge in [-0.15, -0.1) is 0 Å². The quantitative estimate of drug-likeness (QED) is 0.665. The van der Waals surface area contributed by atoms with Crippen LogP contribution in [-0.2, 0) is 21.2 Å². The summed E-state index contributed by atoms with van der Waals surface area (Å²) in [4.78, 5) is 0.340. The summed E-state index contributed by atoms with van der Waals surface area (Å²) in [5.41, 5.74) is 1.13. The van der Waals surface area contributed by atoms with Crippen LogP contribution in [0.5, 0.6) is 0 Å². The van der Waals surface area contributed by atoms with Crippen molar-refractivity contribution in [2.45, 2.75) is 25.2 Å². The molecular weight excluding hydrogens is 288 g/mol. The molecule has 6 heteroatoms. The molecule has 0 aromatic heterocycles. The third-order valence-electron chi connectivity index (χ3n) is 3.30. The zero-order valence-electron chi connectivity index (χ0n) is 13.1. The molecule has 0 saturated heterocycles. The van der Waals surface area contributed by atoms with Crippen molar-refractivity contribution in [1.82, 2.24) is 9.62 Å². The van der Waals surface area contributed by atoms with Gasteiger partial charge >= 0.3 is 0 Å². The van der Waals surface area contributed by atoms with E-state index >= 15 is 0 Å². The number of likely N-dealkylation sites (N-methyl/N-ethyl adjacent to an activating group) is 2. The Bertz CT molecular complexity index is 500. The minimum Gasteiger partial charge on any atom is -0.383 e. The molecule has 0 aliphatic heterocycles. The first-order valence-electron chi connectivity index (χ1n) is 7.35. The van der Waals surface area contributed by atoms with Crippen LogP contribution < -0.4 is 5.32 Å². The van der Waals surface area contributed by atoms with Crippen LogP contribution in [0.25, 0.3) is 0 Å². The number of hydrogen-bond donors (Lipinski definition) is 1. The number of methoxy groups -OCH3 is 1. The lowest BCUT2D eigenvalue weighted by Gasteiger charge is -2.20. The van der Waals surface area contributed by atoms with E-state index in [-0.39, 0.29) is 0 Å². The van der Waals surface area contributed by atoms with Gasteiger partial charge in [0.25, 0.3) is 0 Å². The highest BCUT2D eigenvalue weighted by atomic mass is 32.2. The third-order valence-corrected chi connectivity index (χ3v) is 5.29. The number of sulfonamides is 1. The summed E-state index contributed by atoms with van der Waals surface area (Å²) in [6.45, 7) is 6.95. The summed E-state index contributed by atoms with van der Waals surface area (Å²) >= 11 is 0. The average molecular weight is 314 g/mol. The first kappa shape index (κ1) is 18.1. The molecule has 1 aromatic carbocycles. The fourth-order valence-electron chi connectivity index (χ4n) is 2.03. The van der Waals surface area contributed by atoms with E-state index < -0.39 is 10.0 Å². The van der Waals surface area contributed by atoms with E-state index in [0.29, 0.717) is 24.6 Å². The van der Waals surface area contributed by atoms with Gasteiger partial charge in [0, 0.05) is 20.2 Å². The van der Waals surface area contributed by atoms with Crippen LogP contribution in [0.15, 0.2) is 29.2 Å². The molecule has 0 saturated carbocycles. The summed E-state index contributed by atoms with van der Waals surface area (Å²) < 4.78 is 31.4. The van der Waals surface area contributed by atoms with Crippen LogP contribution in [-0.4, -0.2) is 52.6 Å². The second kappa shape index (κ2) is 9.15. The molecule has 21 heavy (non-hydrogen) atoms. The van der Waals surface area contributed by atoms with Gasteiger partial charge in [-0.1, -0.05) is 26.0 Å². The third kappa shape index (κ3) is 5.39. The van der Waals surface area contributed by atoms with Gasteiger partial charge in [0.2, 0.25) is 10.0 Å². The van der Waals surface area contributed by atoms with Gasteiger partial charge in [0.05, 0.1) is 11.5 Å². The molecule has 5 nitrogen and oxygen atoms in total. The number of ether oxygens (including phenoxy) is 1. The van der Waals surface area contributed by atoms with Crippen molar-refractivity contribution in [3.63, 3.8) is 0 Å². The maximum Gasteiger partial charge on any atom is 0.243 e. The minimum absolute atomic E-state index is 0.340. The highest BCUT2D eigenvalue weighted by molar-refractivity contribution is 7.89. The number of nitrogens with one attached hydrogen (secondary N) is 1. The first-order chi connectivity index (χ1) is 10.1. The Kier molecular flexibility index (Phi) is 7.88. The summed E-state index contributed by atoms with van der Waals surface area (Å²) in [6, 6.07) is 7.14. The SMILES string of the molecule is CCNCCc1ccc(S(=O)(=O)N(CC)CCOC)cc1. The fraction of sp³-hybridized carbons (Fsp3) is 0.600. The number of nitrogens with zero attached hydrogens (tertiary/aromatic N) is 1. The molecule has 1 rings (SSSR count). The van der Waals surface area contributed by atoms with E-state index in [1.807, 2.05) is 19.1 Å². The van der Waals surface area contributed by atoms with E-state index in [0.717, 1.165) is 25.1 Å². The predicted octanol–water partition coefficient (Wildman–Crippen LogP) is 1.50. The van der Waals surface area contributed by atoms with E-state index in [9.17, 15) is 8.42 Å². The molecule has 0 atom stereocenters. The van der Waals surface area contributed by atoms with Gasteiger partial charge in [0.15, 0.2) is 0 Å². The fourth-order valence-corrected chi connectivity index (χ4v) is 3.46. The molecule has 0 spiro atoms. The van der Waals surface area contributed by atoms with Gasteiger partial charge in [-0.25, -0.2) is 8.42 Å². The van der Waals surface area contributed by atoms with Gasteiger partial charge in [-0.05, 0) is 37.2 Å². The molecule has 0 aliphatic rings. The van der Waals surface area contributed by atoms with Crippen LogP contribution >= 0.6 is 0 Å². The van der Waals surface area contributed by atoms with Crippen LogP contribution in [0.4, 0.5) is 0 Å². The standard InChI is InChI=1S/C15H26N2O3S/c1-4-16-11-10-14-6-8-15(9-7-14)21(18,19)17(5-2)12-13-20-3/h6-9,16H,4-5,10-13H2,1-3H3. The average Bonchev–Trinajstić information content (AvgIpc) is 2.48. The highest BCUT2D eigenvalue weighted by Crippen LogP contribution is 2.16. The Morgan fingerprint density at radius 2 is 1.86 bits per heavy atom. The van der Waals surface area contributed by atoms with Crippen LogP contribution in [0, 0.1) is 0 Å². The van der Waals surface area contributed by atoms with Crippen molar-refractivity contribution in [3.8, 4) is 0 Å². The van der Waals surface area contributed by atoms with Crippen molar-refractivity contribution in [2.24, 2.45) is 0 Å². The zero-order chi connectivity index (χ0) is 15.7. The molecule has 120 valence electrons. The topological polar surface area (TPSA) is 58.6 Å². The van der Waals surface area contributed by atoms with Crippen LogP contribution in [0.3, 0.4) is 0 Å². The predicted molar refractivity (Wildman–Crippen MR) is 85.0 cm³/mol. The number of benzene rings is 1. The molecule has 0 unspecified atom stereocenters. The van der Waals surface area contributed by atoms with E-state index in [1.54, 1.807) is 19.2 Å². The maximum absolute atomic E-state index is 12.5. The van der Waals surface area contributed by atoms with Crippen LogP contribution in [0.1, 0.15) is 19.4 Å². The zero-order valence-corrected chi connectivity index (χ0v) is 13.9. The molecule has 0 radical (unpaired) electrons. The minimum atomic E-state index is -3.43. The summed E-state index contributed by atoms with van der Waals surface area (Å²) in [6.07, 6.45) is 0.898. The molecule has 0 bridgehead atoms. The molecule has 0 aliphatic carbocycles. The Morgan fingerprint density at radius 3 is 2.38 bits per heavy atom. The van der Waals surface area contributed by atoms with E-state index in [1.165, 1.54) is 4.31 Å². The van der Waals surface area contributed by atoms with Crippen molar-refractivity contribution >= 4 is 10.0 Å². The Hall–Kier alpha value is -0.950.